The molecule has 124 valence electrons. The molecule has 1 heterocycles. The average molecular weight is 296 g/mol. The van der Waals surface area contributed by atoms with Gasteiger partial charge in [0, 0.05) is 44.4 Å². The first-order valence-corrected chi connectivity index (χ1v) is 9.22. The zero-order valence-corrected chi connectivity index (χ0v) is 14.5. The van der Waals surface area contributed by atoms with Gasteiger partial charge in [0.05, 0.1) is 0 Å². The number of nitrogens with one attached hydrogen (secondary N) is 1. The number of ether oxygens (including phenoxy) is 1. The maximum atomic E-state index is 5.55. The molecule has 1 atom stereocenters. The quantitative estimate of drug-likeness (QED) is 0.728. The third-order valence-electron chi connectivity index (χ3n) is 5.29. The molecule has 0 aromatic heterocycles. The van der Waals surface area contributed by atoms with E-state index in [1.807, 2.05) is 0 Å². The Morgan fingerprint density at radius 2 is 2.00 bits per heavy atom. The summed E-state index contributed by atoms with van der Waals surface area (Å²) in [6.45, 7) is 12.2. The van der Waals surface area contributed by atoms with Crippen molar-refractivity contribution in [1.82, 2.24) is 10.2 Å². The lowest BCUT2D eigenvalue weighted by atomic mass is 9.78. The van der Waals surface area contributed by atoms with Crippen molar-refractivity contribution in [3.63, 3.8) is 0 Å². The molecule has 1 saturated carbocycles. The van der Waals surface area contributed by atoms with Crippen LogP contribution in [0.2, 0.25) is 0 Å². The van der Waals surface area contributed by atoms with Gasteiger partial charge >= 0.3 is 0 Å². The molecule has 2 fully saturated rings. The molecule has 0 radical (unpaired) electrons. The fraction of sp³-hybridized carbons (Fsp3) is 1.00. The molecule has 2 rings (SSSR count). The molecular formula is C18H36N2O. The Morgan fingerprint density at radius 3 is 2.67 bits per heavy atom. The Balaban J connectivity index is 1.92. The van der Waals surface area contributed by atoms with Crippen LogP contribution in [-0.2, 0) is 4.74 Å². The van der Waals surface area contributed by atoms with Gasteiger partial charge in [-0.25, -0.2) is 0 Å². The number of rotatable bonds is 7. The van der Waals surface area contributed by atoms with Crippen LogP contribution in [0, 0.1) is 5.92 Å². The lowest BCUT2D eigenvalue weighted by Crippen LogP contribution is -2.65. The minimum atomic E-state index is 0.456. The lowest BCUT2D eigenvalue weighted by Gasteiger charge is -2.52. The van der Waals surface area contributed by atoms with Crippen LogP contribution in [0.3, 0.4) is 0 Å². The minimum absolute atomic E-state index is 0.456. The van der Waals surface area contributed by atoms with Gasteiger partial charge in [-0.05, 0) is 38.5 Å². The van der Waals surface area contributed by atoms with Crippen molar-refractivity contribution in [2.45, 2.75) is 77.3 Å². The van der Waals surface area contributed by atoms with Crippen molar-refractivity contribution in [2.24, 2.45) is 5.92 Å². The molecule has 1 aliphatic heterocycles. The third kappa shape index (κ3) is 4.94. The Kier molecular flexibility index (Phi) is 6.97. The van der Waals surface area contributed by atoms with Crippen molar-refractivity contribution in [1.29, 1.82) is 0 Å². The summed E-state index contributed by atoms with van der Waals surface area (Å²) in [5.74, 6) is 0.785. The van der Waals surface area contributed by atoms with Crippen molar-refractivity contribution >= 4 is 0 Å². The van der Waals surface area contributed by atoms with Gasteiger partial charge in [-0.3, -0.25) is 4.90 Å². The molecule has 0 aromatic rings. The van der Waals surface area contributed by atoms with E-state index >= 15 is 0 Å². The van der Waals surface area contributed by atoms with Gasteiger partial charge in [0.15, 0.2) is 0 Å². The number of hydrogen-bond donors (Lipinski definition) is 1. The molecule has 1 saturated heterocycles. The van der Waals surface area contributed by atoms with Gasteiger partial charge in [-0.2, -0.15) is 0 Å². The monoisotopic (exact) mass is 296 g/mol. The highest BCUT2D eigenvalue weighted by Crippen LogP contribution is 2.36. The molecule has 1 N–H and O–H groups in total. The first-order valence-electron chi connectivity index (χ1n) is 9.22. The van der Waals surface area contributed by atoms with Gasteiger partial charge in [-0.15, -0.1) is 0 Å². The van der Waals surface area contributed by atoms with Gasteiger partial charge < -0.3 is 10.1 Å². The Labute approximate surface area is 131 Å². The molecule has 21 heavy (non-hydrogen) atoms. The first kappa shape index (κ1) is 17.2. The van der Waals surface area contributed by atoms with Crippen molar-refractivity contribution in [2.75, 3.05) is 32.8 Å². The highest BCUT2D eigenvalue weighted by atomic mass is 16.5. The summed E-state index contributed by atoms with van der Waals surface area (Å²) in [4.78, 5) is 2.83. The summed E-state index contributed by atoms with van der Waals surface area (Å²) >= 11 is 0. The van der Waals surface area contributed by atoms with Gasteiger partial charge in [-0.1, -0.05) is 33.1 Å². The molecule has 1 spiro atoms. The Hall–Kier alpha value is -0.120. The fourth-order valence-corrected chi connectivity index (χ4v) is 4.23. The van der Waals surface area contributed by atoms with Gasteiger partial charge in [0.25, 0.3) is 0 Å². The van der Waals surface area contributed by atoms with Gasteiger partial charge in [0.1, 0.15) is 0 Å². The lowest BCUT2D eigenvalue weighted by molar-refractivity contribution is 0.000188. The maximum Gasteiger partial charge on any atom is 0.0478 e. The maximum absolute atomic E-state index is 5.55. The summed E-state index contributed by atoms with van der Waals surface area (Å²) in [5.41, 5.74) is 0.456. The van der Waals surface area contributed by atoms with E-state index in [-0.39, 0.29) is 0 Å². The second kappa shape index (κ2) is 8.50. The van der Waals surface area contributed by atoms with E-state index in [1.165, 1.54) is 64.6 Å². The Morgan fingerprint density at radius 1 is 1.24 bits per heavy atom. The smallest absolute Gasteiger partial charge is 0.0478 e. The summed E-state index contributed by atoms with van der Waals surface area (Å²) in [5, 5.41) is 3.87. The molecule has 3 heteroatoms. The molecule has 0 amide bonds. The van der Waals surface area contributed by atoms with Crippen LogP contribution in [0.15, 0.2) is 0 Å². The van der Waals surface area contributed by atoms with Crippen LogP contribution >= 0.6 is 0 Å². The minimum Gasteiger partial charge on any atom is -0.382 e. The molecule has 0 aromatic carbocycles. The summed E-state index contributed by atoms with van der Waals surface area (Å²) in [7, 11) is 0. The number of hydrogen-bond acceptors (Lipinski definition) is 3. The highest BCUT2D eigenvalue weighted by molar-refractivity contribution is 5.00. The van der Waals surface area contributed by atoms with Crippen LogP contribution < -0.4 is 5.32 Å². The average Bonchev–Trinajstić information content (AvgIpc) is 2.47. The molecule has 2 aliphatic rings. The van der Waals surface area contributed by atoms with E-state index in [2.05, 4.69) is 31.0 Å². The van der Waals surface area contributed by atoms with Crippen molar-refractivity contribution in [3.8, 4) is 0 Å². The molecule has 1 aliphatic carbocycles. The van der Waals surface area contributed by atoms with Crippen LogP contribution in [0.5, 0.6) is 0 Å². The Bertz CT molecular complexity index is 287. The highest BCUT2D eigenvalue weighted by Gasteiger charge is 2.41. The normalized spacial score (nSPS) is 26.6. The van der Waals surface area contributed by atoms with E-state index in [0.29, 0.717) is 11.6 Å². The SMILES string of the molecule is CCOCCCN1CC(CC(C)C)NCC12CCCCC2. The van der Waals surface area contributed by atoms with Crippen LogP contribution in [-0.4, -0.2) is 49.3 Å². The largest absolute Gasteiger partial charge is 0.382 e. The molecule has 0 bridgehead atoms. The first-order chi connectivity index (χ1) is 10.2. The van der Waals surface area contributed by atoms with E-state index in [9.17, 15) is 0 Å². The zero-order valence-electron chi connectivity index (χ0n) is 14.5. The summed E-state index contributed by atoms with van der Waals surface area (Å²) < 4.78 is 5.55. The fourth-order valence-electron chi connectivity index (χ4n) is 4.23. The second-order valence-corrected chi connectivity index (χ2v) is 7.49. The van der Waals surface area contributed by atoms with Crippen molar-refractivity contribution in [3.05, 3.63) is 0 Å². The molecule has 1 unspecified atom stereocenters. The molecule has 3 nitrogen and oxygen atoms in total. The summed E-state index contributed by atoms with van der Waals surface area (Å²) in [6.07, 6.45) is 9.54. The number of piperazine rings is 1. The van der Waals surface area contributed by atoms with E-state index in [4.69, 9.17) is 4.74 Å². The third-order valence-corrected chi connectivity index (χ3v) is 5.29. The predicted octanol–water partition coefficient (Wildman–Crippen LogP) is 3.44. The van der Waals surface area contributed by atoms with Gasteiger partial charge in [0.2, 0.25) is 0 Å². The van der Waals surface area contributed by atoms with E-state index in [1.54, 1.807) is 0 Å². The predicted molar refractivity (Wildman–Crippen MR) is 89.7 cm³/mol. The van der Waals surface area contributed by atoms with Crippen molar-refractivity contribution < 1.29 is 4.74 Å². The molecular weight excluding hydrogens is 260 g/mol. The topological polar surface area (TPSA) is 24.5 Å². The standard InChI is InChI=1S/C18H36N2O/c1-4-21-12-8-11-20-14-17(13-16(2)3)19-15-18(20)9-6-5-7-10-18/h16-17,19H,4-15H2,1-3H3. The van der Waals surface area contributed by atoms with E-state index < -0.39 is 0 Å². The van der Waals surface area contributed by atoms with Crippen LogP contribution in [0.1, 0.15) is 65.7 Å². The van der Waals surface area contributed by atoms with Crippen LogP contribution in [0.25, 0.3) is 0 Å². The number of nitrogens with zero attached hydrogens (tertiary/aromatic N) is 1. The van der Waals surface area contributed by atoms with E-state index in [0.717, 1.165) is 19.1 Å². The second-order valence-electron chi connectivity index (χ2n) is 7.49. The summed E-state index contributed by atoms with van der Waals surface area (Å²) in [6, 6.07) is 0.685. The zero-order chi connectivity index (χ0) is 15.1. The van der Waals surface area contributed by atoms with Crippen LogP contribution in [0.4, 0.5) is 0 Å².